The van der Waals surface area contributed by atoms with Gasteiger partial charge in [0.25, 0.3) is 0 Å². The summed E-state index contributed by atoms with van der Waals surface area (Å²) in [6.07, 6.45) is -0.593. The van der Waals surface area contributed by atoms with Crippen LogP contribution in [-0.4, -0.2) is 17.6 Å². The van der Waals surface area contributed by atoms with Crippen LogP contribution in [-0.2, 0) is 4.74 Å². The van der Waals surface area contributed by atoms with Gasteiger partial charge in [-0.1, -0.05) is 0 Å². The third kappa shape index (κ3) is 1.44. The molecule has 12 heavy (non-hydrogen) atoms. The number of thiazole rings is 1. The largest absolute Gasteiger partial charge is 0.438 e. The summed E-state index contributed by atoms with van der Waals surface area (Å²) in [4.78, 5) is 14.8. The maximum absolute atomic E-state index is 10.7. The molecule has 0 radical (unpaired) electrons. The number of carbonyl (C=O) groups is 1. The zero-order valence-electron chi connectivity index (χ0n) is 5.91. The molecule has 6 heteroatoms. The molecule has 1 amide bonds. The van der Waals surface area contributed by atoms with Gasteiger partial charge in [0.15, 0.2) is 10.0 Å². The van der Waals surface area contributed by atoms with Crippen molar-refractivity contribution in [2.75, 3.05) is 6.54 Å². The molecule has 2 rings (SSSR count). The van der Waals surface area contributed by atoms with Crippen molar-refractivity contribution in [2.45, 2.75) is 6.10 Å². The molecular weight excluding hydrogens is 244 g/mol. The molecule has 1 aliphatic heterocycles. The molecule has 1 N–H and O–H groups in total. The number of ether oxygens (including phenoxy) is 1. The van der Waals surface area contributed by atoms with Crippen molar-refractivity contribution in [2.24, 2.45) is 0 Å². The van der Waals surface area contributed by atoms with Crippen molar-refractivity contribution >= 4 is 33.4 Å². The molecule has 0 bridgehead atoms. The van der Waals surface area contributed by atoms with Gasteiger partial charge in [0.2, 0.25) is 0 Å². The molecule has 0 aliphatic carbocycles. The Morgan fingerprint density at radius 2 is 2.67 bits per heavy atom. The molecular formula is C6H5BrN2O2S. The number of rotatable bonds is 1. The number of alkyl carbamates (subject to hydrolysis) is 1. The van der Waals surface area contributed by atoms with Crippen LogP contribution in [0.25, 0.3) is 0 Å². The van der Waals surface area contributed by atoms with E-state index in [2.05, 4.69) is 26.2 Å². The zero-order chi connectivity index (χ0) is 8.55. The average molecular weight is 249 g/mol. The zero-order valence-corrected chi connectivity index (χ0v) is 8.31. The second-order valence-corrected chi connectivity index (χ2v) is 4.43. The number of aromatic nitrogens is 1. The van der Waals surface area contributed by atoms with Crippen molar-refractivity contribution in [3.8, 4) is 0 Å². The minimum absolute atomic E-state index is 0.222. The fraction of sp³-hybridized carbons (Fsp3) is 0.333. The molecule has 64 valence electrons. The topological polar surface area (TPSA) is 51.2 Å². The predicted octanol–water partition coefficient (Wildman–Crippen LogP) is 1.69. The second-order valence-electron chi connectivity index (χ2n) is 2.30. The Morgan fingerprint density at radius 3 is 3.17 bits per heavy atom. The minimum Gasteiger partial charge on any atom is -0.438 e. The van der Waals surface area contributed by atoms with Gasteiger partial charge in [-0.05, 0) is 15.9 Å². The average Bonchev–Trinajstić information content (AvgIpc) is 2.58. The molecule has 1 aromatic rings. The monoisotopic (exact) mass is 248 g/mol. The van der Waals surface area contributed by atoms with Gasteiger partial charge in [-0.15, -0.1) is 11.3 Å². The number of hydrogen-bond donors (Lipinski definition) is 1. The van der Waals surface area contributed by atoms with E-state index in [4.69, 9.17) is 4.74 Å². The number of carbonyl (C=O) groups excluding carboxylic acids is 1. The first-order chi connectivity index (χ1) is 5.75. The van der Waals surface area contributed by atoms with Crippen molar-refractivity contribution in [1.29, 1.82) is 0 Å². The summed E-state index contributed by atoms with van der Waals surface area (Å²) in [7, 11) is 0. The summed E-state index contributed by atoms with van der Waals surface area (Å²) < 4.78 is 5.74. The third-order valence-corrected chi connectivity index (χ3v) is 2.89. The van der Waals surface area contributed by atoms with Gasteiger partial charge in [0, 0.05) is 5.38 Å². The molecule has 0 aromatic carbocycles. The van der Waals surface area contributed by atoms with E-state index in [-0.39, 0.29) is 12.2 Å². The van der Waals surface area contributed by atoms with Crippen LogP contribution in [0.15, 0.2) is 9.30 Å². The van der Waals surface area contributed by atoms with E-state index in [0.29, 0.717) is 6.54 Å². The molecule has 2 heterocycles. The predicted molar refractivity (Wildman–Crippen MR) is 47.0 cm³/mol. The Bertz CT molecular complexity index is 314. The number of amides is 1. The highest BCUT2D eigenvalue weighted by Crippen LogP contribution is 2.24. The second kappa shape index (κ2) is 3.02. The fourth-order valence-corrected chi connectivity index (χ4v) is 2.03. The summed E-state index contributed by atoms with van der Waals surface area (Å²) >= 11 is 4.72. The highest BCUT2D eigenvalue weighted by Gasteiger charge is 2.25. The van der Waals surface area contributed by atoms with Gasteiger partial charge < -0.3 is 10.1 Å². The summed E-state index contributed by atoms with van der Waals surface area (Å²) in [6, 6.07) is 0. The number of cyclic esters (lactones) is 1. The first-order valence-corrected chi connectivity index (χ1v) is 4.98. The van der Waals surface area contributed by atoms with Crippen LogP contribution in [0.5, 0.6) is 0 Å². The molecule has 1 unspecified atom stereocenters. The summed E-state index contributed by atoms with van der Waals surface area (Å²) in [5, 5.41) is 4.44. The van der Waals surface area contributed by atoms with Crippen LogP contribution in [0.2, 0.25) is 0 Å². The van der Waals surface area contributed by atoms with Gasteiger partial charge in [0.1, 0.15) is 0 Å². The van der Waals surface area contributed by atoms with E-state index in [1.54, 1.807) is 0 Å². The molecule has 0 saturated carbocycles. The van der Waals surface area contributed by atoms with Crippen LogP contribution < -0.4 is 5.32 Å². The number of nitrogens with zero attached hydrogens (tertiary/aromatic N) is 1. The molecule has 1 atom stereocenters. The molecule has 1 aromatic heterocycles. The maximum atomic E-state index is 10.7. The third-order valence-electron chi connectivity index (χ3n) is 1.50. The Hall–Kier alpha value is -0.620. The first-order valence-electron chi connectivity index (χ1n) is 3.31. The fourth-order valence-electron chi connectivity index (χ4n) is 0.965. The van der Waals surface area contributed by atoms with Crippen molar-refractivity contribution in [3.05, 3.63) is 15.0 Å². The number of halogens is 1. The standard InChI is InChI=1S/C6H5BrN2O2S/c7-5-9-3(2-12-5)4-1-8-6(10)11-4/h2,4H,1H2,(H,8,10). The Labute approximate surface area is 81.1 Å². The molecule has 4 nitrogen and oxygen atoms in total. The van der Waals surface area contributed by atoms with Crippen molar-refractivity contribution in [3.63, 3.8) is 0 Å². The molecule has 1 fully saturated rings. The van der Waals surface area contributed by atoms with Gasteiger partial charge >= 0.3 is 6.09 Å². The smallest absolute Gasteiger partial charge is 0.408 e. The van der Waals surface area contributed by atoms with E-state index < -0.39 is 0 Å². The highest BCUT2D eigenvalue weighted by molar-refractivity contribution is 9.11. The molecule has 0 spiro atoms. The number of nitrogens with one attached hydrogen (secondary N) is 1. The normalized spacial score (nSPS) is 22.1. The summed E-state index contributed by atoms with van der Waals surface area (Å²) in [6.45, 7) is 0.509. The van der Waals surface area contributed by atoms with Crippen molar-refractivity contribution in [1.82, 2.24) is 10.3 Å². The van der Waals surface area contributed by atoms with E-state index in [1.165, 1.54) is 11.3 Å². The lowest BCUT2D eigenvalue weighted by molar-refractivity contribution is 0.139. The lowest BCUT2D eigenvalue weighted by Gasteiger charge is -2.01. The molecule has 1 aliphatic rings. The van der Waals surface area contributed by atoms with Gasteiger partial charge in [-0.3, -0.25) is 0 Å². The first kappa shape index (κ1) is 8.00. The summed E-state index contributed by atoms with van der Waals surface area (Å²) in [5.74, 6) is 0. The van der Waals surface area contributed by atoms with Crippen LogP contribution in [0.1, 0.15) is 11.8 Å². The van der Waals surface area contributed by atoms with Crippen LogP contribution in [0.3, 0.4) is 0 Å². The Balaban J connectivity index is 2.15. The van der Waals surface area contributed by atoms with Crippen LogP contribution in [0, 0.1) is 0 Å². The van der Waals surface area contributed by atoms with E-state index in [0.717, 1.165) is 9.61 Å². The van der Waals surface area contributed by atoms with Gasteiger partial charge in [0.05, 0.1) is 12.2 Å². The minimum atomic E-state index is -0.371. The Kier molecular flexibility index (Phi) is 2.02. The SMILES string of the molecule is O=C1NCC(c2csc(Br)n2)O1. The van der Waals surface area contributed by atoms with Crippen LogP contribution >= 0.6 is 27.3 Å². The van der Waals surface area contributed by atoms with Gasteiger partial charge in [-0.2, -0.15) is 0 Å². The quantitative estimate of drug-likeness (QED) is 0.823. The van der Waals surface area contributed by atoms with Crippen molar-refractivity contribution < 1.29 is 9.53 Å². The van der Waals surface area contributed by atoms with E-state index in [1.807, 2.05) is 5.38 Å². The Morgan fingerprint density at radius 1 is 1.83 bits per heavy atom. The van der Waals surface area contributed by atoms with E-state index in [9.17, 15) is 4.79 Å². The molecule has 1 saturated heterocycles. The van der Waals surface area contributed by atoms with Gasteiger partial charge in [-0.25, -0.2) is 9.78 Å². The maximum Gasteiger partial charge on any atom is 0.408 e. The lowest BCUT2D eigenvalue weighted by Crippen LogP contribution is -2.12. The lowest BCUT2D eigenvalue weighted by atomic mass is 10.3. The summed E-state index contributed by atoms with van der Waals surface area (Å²) in [5.41, 5.74) is 0.797. The highest BCUT2D eigenvalue weighted by atomic mass is 79.9. The van der Waals surface area contributed by atoms with Crippen LogP contribution in [0.4, 0.5) is 4.79 Å². The number of hydrogen-bond acceptors (Lipinski definition) is 4. The van der Waals surface area contributed by atoms with E-state index >= 15 is 0 Å².